The van der Waals surface area contributed by atoms with Gasteiger partial charge in [0.2, 0.25) is 0 Å². The molecule has 0 radical (unpaired) electrons. The Hall–Kier alpha value is -0.580. The fourth-order valence-corrected chi connectivity index (χ4v) is 1.72. The van der Waals surface area contributed by atoms with E-state index in [0.717, 1.165) is 0 Å². The van der Waals surface area contributed by atoms with E-state index < -0.39 is 26.9 Å². The van der Waals surface area contributed by atoms with Crippen molar-refractivity contribution in [2.75, 3.05) is 5.75 Å². The van der Waals surface area contributed by atoms with Gasteiger partial charge in [0.15, 0.2) is 0 Å². The van der Waals surface area contributed by atoms with Gasteiger partial charge in [-0.1, -0.05) is 0 Å². The fourth-order valence-electron chi connectivity index (χ4n) is 0.314. The third-order valence-corrected chi connectivity index (χ3v) is 2.77. The first-order valence-electron chi connectivity index (χ1n) is 2.48. The van der Waals surface area contributed by atoms with Crippen molar-refractivity contribution in [2.45, 2.75) is 6.42 Å². The molecular weight excluding hydrogens is 192 g/mol. The van der Waals surface area contributed by atoms with Gasteiger partial charge in [-0.25, -0.2) is 8.42 Å². The number of terminal acetylenes is 1. The van der Waals surface area contributed by atoms with Gasteiger partial charge in [0.25, 0.3) is 21.1 Å². The summed E-state index contributed by atoms with van der Waals surface area (Å²) in [5.41, 5.74) is 0. The molecule has 5 nitrogen and oxygen atoms in total. The van der Waals surface area contributed by atoms with Crippen molar-refractivity contribution in [2.24, 2.45) is 0 Å². The van der Waals surface area contributed by atoms with Gasteiger partial charge in [-0.3, -0.25) is 0 Å². The Kier molecular flexibility index (Phi) is 4.10. The van der Waals surface area contributed by atoms with E-state index in [1.807, 2.05) is 5.92 Å². The van der Waals surface area contributed by atoms with Crippen molar-refractivity contribution in [1.82, 2.24) is 0 Å². The molecular formula is C4H6O5S2. The minimum atomic E-state index is -3.98. The molecule has 0 rings (SSSR count). The molecule has 0 unspecified atom stereocenters. The van der Waals surface area contributed by atoms with Crippen LogP contribution in [0.5, 0.6) is 0 Å². The maximum Gasteiger partial charge on any atom is 0.282 e. The predicted molar refractivity (Wildman–Crippen MR) is 38.6 cm³/mol. The maximum absolute atomic E-state index is 10.5. The Labute approximate surface area is 66.6 Å². The van der Waals surface area contributed by atoms with E-state index in [9.17, 15) is 16.8 Å². The highest BCUT2D eigenvalue weighted by Gasteiger charge is 2.10. The van der Waals surface area contributed by atoms with Gasteiger partial charge in [-0.05, 0) is 0 Å². The highest BCUT2D eigenvalue weighted by Crippen LogP contribution is 1.94. The number of rotatable bonds is 4. The summed E-state index contributed by atoms with van der Waals surface area (Å²) in [5, 5.41) is 0. The first-order chi connectivity index (χ1) is 4.98. The molecule has 7 heteroatoms. The molecule has 0 amide bonds. The second kappa shape index (κ2) is 4.33. The average molecular weight is 198 g/mol. The van der Waals surface area contributed by atoms with Crippen LogP contribution in [0.2, 0.25) is 0 Å². The Morgan fingerprint density at radius 1 is 1.45 bits per heavy atom. The summed E-state index contributed by atoms with van der Waals surface area (Å²) in [4.78, 5) is 0. The lowest BCUT2D eigenvalue weighted by Crippen LogP contribution is -2.08. The van der Waals surface area contributed by atoms with E-state index in [2.05, 4.69) is 3.63 Å². The molecule has 0 heterocycles. The summed E-state index contributed by atoms with van der Waals surface area (Å²) < 4.78 is 44.1. The summed E-state index contributed by atoms with van der Waals surface area (Å²) in [7, 11) is -7.34. The lowest BCUT2D eigenvalue weighted by atomic mass is 10.5. The van der Waals surface area contributed by atoms with E-state index in [1.165, 1.54) is 0 Å². The molecule has 11 heavy (non-hydrogen) atoms. The SMILES string of the molecule is C#CCCS(=O)(=O)O[SH](=O)=O. The number of hydrogen-bond acceptors (Lipinski definition) is 5. The molecule has 0 spiro atoms. The molecule has 0 saturated heterocycles. The standard InChI is InChI=1S/C4H6O5S2/c1-2-3-4-11(7,8)9-10(5)6/h1,10H,3-4H2. The van der Waals surface area contributed by atoms with Crippen LogP contribution in [-0.2, 0) is 24.7 Å². The van der Waals surface area contributed by atoms with Gasteiger partial charge >= 0.3 is 0 Å². The zero-order valence-corrected chi connectivity index (χ0v) is 7.10. The molecule has 0 aliphatic rings. The Balaban J connectivity index is 4.16. The first kappa shape index (κ1) is 10.4. The van der Waals surface area contributed by atoms with Crippen molar-refractivity contribution < 1.29 is 20.5 Å². The van der Waals surface area contributed by atoms with Crippen LogP contribution in [0.15, 0.2) is 0 Å². The van der Waals surface area contributed by atoms with Gasteiger partial charge in [-0.15, -0.1) is 16.0 Å². The molecule has 64 valence electrons. The highest BCUT2D eigenvalue weighted by molar-refractivity contribution is 7.93. The van der Waals surface area contributed by atoms with Crippen molar-refractivity contribution >= 4 is 21.1 Å². The third-order valence-electron chi connectivity index (χ3n) is 0.671. The minimum absolute atomic E-state index is 0.0640. The van der Waals surface area contributed by atoms with Crippen LogP contribution in [0, 0.1) is 12.3 Å². The van der Waals surface area contributed by atoms with E-state index in [4.69, 9.17) is 6.42 Å². The van der Waals surface area contributed by atoms with Crippen molar-refractivity contribution in [3.05, 3.63) is 0 Å². The lowest BCUT2D eigenvalue weighted by molar-refractivity contribution is 0.477. The zero-order valence-electron chi connectivity index (χ0n) is 5.39. The maximum atomic E-state index is 10.5. The molecule has 0 atom stereocenters. The highest BCUT2D eigenvalue weighted by atomic mass is 32.3. The first-order valence-corrected chi connectivity index (χ1v) is 5.15. The van der Waals surface area contributed by atoms with Crippen LogP contribution in [0.1, 0.15) is 6.42 Å². The second-order valence-electron chi connectivity index (χ2n) is 1.51. The summed E-state index contributed by atoms with van der Waals surface area (Å²) in [6, 6.07) is 0. The van der Waals surface area contributed by atoms with Crippen molar-refractivity contribution in [3.8, 4) is 12.3 Å². The number of hydrogen-bond donors (Lipinski definition) is 1. The third kappa shape index (κ3) is 5.84. The topological polar surface area (TPSA) is 77.5 Å². The van der Waals surface area contributed by atoms with E-state index in [-0.39, 0.29) is 6.42 Å². The zero-order chi connectivity index (χ0) is 8.91. The van der Waals surface area contributed by atoms with Gasteiger partial charge in [-0.2, -0.15) is 8.42 Å². The second-order valence-corrected chi connectivity index (χ2v) is 4.08. The summed E-state index contributed by atoms with van der Waals surface area (Å²) >= 11 is 0. The molecule has 0 bridgehead atoms. The van der Waals surface area contributed by atoms with Crippen LogP contribution in [0.4, 0.5) is 0 Å². The Morgan fingerprint density at radius 2 is 2.00 bits per heavy atom. The summed E-state index contributed by atoms with van der Waals surface area (Å²) in [6.07, 6.45) is 4.68. The summed E-state index contributed by atoms with van der Waals surface area (Å²) in [6.45, 7) is 0. The molecule has 0 aromatic carbocycles. The molecule has 0 aromatic heterocycles. The van der Waals surface area contributed by atoms with Crippen LogP contribution in [0.25, 0.3) is 0 Å². The van der Waals surface area contributed by atoms with Gasteiger partial charge < -0.3 is 0 Å². The molecule has 0 fully saturated rings. The van der Waals surface area contributed by atoms with E-state index >= 15 is 0 Å². The molecule has 0 N–H and O–H groups in total. The van der Waals surface area contributed by atoms with Crippen LogP contribution < -0.4 is 0 Å². The largest absolute Gasteiger partial charge is 0.282 e. The lowest BCUT2D eigenvalue weighted by Gasteiger charge is -1.93. The van der Waals surface area contributed by atoms with Crippen molar-refractivity contribution in [1.29, 1.82) is 0 Å². The van der Waals surface area contributed by atoms with E-state index in [0.29, 0.717) is 0 Å². The molecule has 0 aromatic rings. The van der Waals surface area contributed by atoms with Crippen molar-refractivity contribution in [3.63, 3.8) is 0 Å². The normalized spacial score (nSPS) is 11.3. The number of thiol groups is 1. The average Bonchev–Trinajstić information content (AvgIpc) is 1.81. The quantitative estimate of drug-likeness (QED) is 0.457. The monoisotopic (exact) mass is 198 g/mol. The van der Waals surface area contributed by atoms with Crippen LogP contribution in [0.3, 0.4) is 0 Å². The molecule has 0 aliphatic heterocycles. The van der Waals surface area contributed by atoms with Gasteiger partial charge in [0.05, 0.1) is 5.75 Å². The van der Waals surface area contributed by atoms with Gasteiger partial charge in [0, 0.05) is 6.42 Å². The smallest absolute Gasteiger partial charge is 0.201 e. The van der Waals surface area contributed by atoms with Gasteiger partial charge in [0.1, 0.15) is 0 Å². The van der Waals surface area contributed by atoms with E-state index in [1.54, 1.807) is 0 Å². The molecule has 0 aliphatic carbocycles. The summed E-state index contributed by atoms with van der Waals surface area (Å²) in [5.74, 6) is 1.56. The Bertz CT molecular complexity index is 309. The molecule has 0 saturated carbocycles. The van der Waals surface area contributed by atoms with Crippen LogP contribution in [-0.4, -0.2) is 22.6 Å². The minimum Gasteiger partial charge on any atom is -0.201 e. The Morgan fingerprint density at radius 3 is 2.36 bits per heavy atom. The van der Waals surface area contributed by atoms with Crippen LogP contribution >= 0.6 is 0 Å². The fraction of sp³-hybridized carbons (Fsp3) is 0.500. The predicted octanol–water partition coefficient (Wildman–Crippen LogP) is -1.12.